The van der Waals surface area contributed by atoms with Gasteiger partial charge >= 0.3 is 5.69 Å². The molecule has 1 aromatic heterocycles. The van der Waals surface area contributed by atoms with Gasteiger partial charge in [-0.15, -0.1) is 0 Å². The molecule has 0 radical (unpaired) electrons. The van der Waals surface area contributed by atoms with Gasteiger partial charge in [0, 0.05) is 19.1 Å². The van der Waals surface area contributed by atoms with Crippen LogP contribution >= 0.6 is 0 Å². The quantitative estimate of drug-likeness (QED) is 0.241. The van der Waals surface area contributed by atoms with Gasteiger partial charge in [0.25, 0.3) is 0 Å². The van der Waals surface area contributed by atoms with E-state index in [9.17, 15) is 4.79 Å². The van der Waals surface area contributed by atoms with Crippen molar-refractivity contribution in [1.29, 1.82) is 0 Å². The first-order valence-electron chi connectivity index (χ1n) is 11.5. The average molecular weight is 440 g/mol. The molecular weight excluding hydrogens is 406 g/mol. The third-order valence-electron chi connectivity index (χ3n) is 6.25. The number of guanidine groups is 1. The van der Waals surface area contributed by atoms with Crippen LogP contribution in [0.3, 0.4) is 0 Å². The molecule has 1 aromatic carbocycles. The van der Waals surface area contributed by atoms with Gasteiger partial charge < -0.3 is 26.8 Å². The number of aliphatic imine (C=N–C) groups is 1. The molecule has 2 aliphatic rings. The maximum Gasteiger partial charge on any atom is 0.349 e. The molecule has 1 fully saturated rings. The fourth-order valence-electron chi connectivity index (χ4n) is 4.42. The SMILES string of the molecule is CCc1ccc2c(c1)Nc1nc(=O)n(CC3CCC(NCCCN=C(N)N)CC3)cc1O2. The fourth-order valence-corrected chi connectivity index (χ4v) is 4.42. The molecule has 0 amide bonds. The minimum absolute atomic E-state index is 0.147. The van der Waals surface area contributed by atoms with Crippen LogP contribution in [-0.2, 0) is 13.0 Å². The van der Waals surface area contributed by atoms with Crippen molar-refractivity contribution in [2.24, 2.45) is 22.4 Å². The van der Waals surface area contributed by atoms with E-state index in [1.807, 2.05) is 12.1 Å². The summed E-state index contributed by atoms with van der Waals surface area (Å²) < 4.78 is 7.73. The zero-order valence-corrected chi connectivity index (χ0v) is 18.6. The van der Waals surface area contributed by atoms with Gasteiger partial charge in [-0.05, 0) is 68.7 Å². The number of nitrogens with two attached hydrogens (primary N) is 2. The lowest BCUT2D eigenvalue weighted by molar-refractivity contribution is 0.264. The van der Waals surface area contributed by atoms with Crippen LogP contribution in [0.1, 0.15) is 44.6 Å². The monoisotopic (exact) mass is 439 g/mol. The number of rotatable bonds is 8. The normalized spacial score (nSPS) is 19.3. The van der Waals surface area contributed by atoms with Crippen LogP contribution < -0.4 is 32.5 Å². The van der Waals surface area contributed by atoms with Crippen molar-refractivity contribution < 1.29 is 4.74 Å². The molecule has 1 saturated carbocycles. The predicted octanol–water partition coefficient (Wildman–Crippen LogP) is 2.47. The van der Waals surface area contributed by atoms with Gasteiger partial charge in [0.05, 0.1) is 11.9 Å². The van der Waals surface area contributed by atoms with Crippen molar-refractivity contribution in [3.8, 4) is 11.5 Å². The number of ether oxygens (including phenoxy) is 1. The van der Waals surface area contributed by atoms with Crippen LogP contribution in [0.15, 0.2) is 34.2 Å². The molecule has 4 rings (SSSR count). The number of aromatic nitrogens is 2. The molecule has 0 bridgehead atoms. The highest BCUT2D eigenvalue weighted by molar-refractivity contribution is 5.75. The minimum Gasteiger partial charge on any atom is -0.450 e. The van der Waals surface area contributed by atoms with E-state index in [0.29, 0.717) is 36.6 Å². The van der Waals surface area contributed by atoms with E-state index in [1.54, 1.807) is 10.8 Å². The summed E-state index contributed by atoms with van der Waals surface area (Å²) in [5, 5.41) is 6.84. The van der Waals surface area contributed by atoms with E-state index in [1.165, 1.54) is 5.56 Å². The van der Waals surface area contributed by atoms with Gasteiger partial charge in [-0.3, -0.25) is 9.56 Å². The molecular formula is C23H33N7O2. The first kappa shape index (κ1) is 22.1. The molecule has 32 heavy (non-hydrogen) atoms. The largest absolute Gasteiger partial charge is 0.450 e. The summed E-state index contributed by atoms with van der Waals surface area (Å²) >= 11 is 0. The summed E-state index contributed by atoms with van der Waals surface area (Å²) in [6.07, 6.45) is 8.02. The van der Waals surface area contributed by atoms with Crippen molar-refractivity contribution in [3.05, 3.63) is 40.4 Å². The molecule has 1 aliphatic carbocycles. The second kappa shape index (κ2) is 10.0. The van der Waals surface area contributed by atoms with E-state index >= 15 is 0 Å². The van der Waals surface area contributed by atoms with Crippen molar-refractivity contribution in [2.75, 3.05) is 18.4 Å². The van der Waals surface area contributed by atoms with Crippen molar-refractivity contribution in [1.82, 2.24) is 14.9 Å². The fraction of sp³-hybridized carbons (Fsp3) is 0.522. The number of fused-ring (bicyclic) bond motifs is 2. The van der Waals surface area contributed by atoms with Gasteiger partial charge in [-0.2, -0.15) is 4.98 Å². The number of benzene rings is 1. The predicted molar refractivity (Wildman–Crippen MR) is 127 cm³/mol. The molecule has 9 nitrogen and oxygen atoms in total. The lowest BCUT2D eigenvalue weighted by Crippen LogP contribution is -2.36. The van der Waals surface area contributed by atoms with Gasteiger partial charge in [-0.25, -0.2) is 4.79 Å². The summed E-state index contributed by atoms with van der Waals surface area (Å²) in [7, 11) is 0. The maximum absolute atomic E-state index is 12.6. The Kier molecular flexibility index (Phi) is 6.94. The lowest BCUT2D eigenvalue weighted by Gasteiger charge is -2.30. The molecule has 0 atom stereocenters. The molecule has 2 aromatic rings. The van der Waals surface area contributed by atoms with Gasteiger partial charge in [0.1, 0.15) is 0 Å². The molecule has 6 N–H and O–H groups in total. The second-order valence-electron chi connectivity index (χ2n) is 8.63. The molecule has 2 heterocycles. The first-order chi connectivity index (χ1) is 15.5. The summed E-state index contributed by atoms with van der Waals surface area (Å²) in [4.78, 5) is 20.9. The summed E-state index contributed by atoms with van der Waals surface area (Å²) in [5.74, 6) is 2.45. The van der Waals surface area contributed by atoms with E-state index in [-0.39, 0.29) is 11.6 Å². The molecule has 9 heteroatoms. The van der Waals surface area contributed by atoms with Crippen LogP contribution in [0, 0.1) is 5.92 Å². The Morgan fingerprint density at radius 1 is 1.28 bits per heavy atom. The first-order valence-corrected chi connectivity index (χ1v) is 11.5. The number of anilines is 2. The van der Waals surface area contributed by atoms with Crippen molar-refractivity contribution in [2.45, 2.75) is 58.0 Å². The molecule has 1 aliphatic heterocycles. The van der Waals surface area contributed by atoms with Crippen molar-refractivity contribution >= 4 is 17.5 Å². The Bertz CT molecular complexity index is 1020. The zero-order chi connectivity index (χ0) is 22.5. The number of aryl methyl sites for hydroxylation is 1. The maximum atomic E-state index is 12.6. The van der Waals surface area contributed by atoms with Crippen LogP contribution in [0.5, 0.6) is 11.5 Å². The van der Waals surface area contributed by atoms with Gasteiger partial charge in [-0.1, -0.05) is 13.0 Å². The summed E-state index contributed by atoms with van der Waals surface area (Å²) in [5.41, 5.74) is 12.5. The number of nitrogens with zero attached hydrogens (tertiary/aromatic N) is 3. The lowest BCUT2D eigenvalue weighted by atomic mass is 9.86. The Labute approximate surface area is 188 Å². The standard InChI is InChI=1S/C23H33N7O2/c1-2-15-6-9-19-18(12-15)28-21-20(32-19)14-30(23(31)29-21)13-16-4-7-17(8-5-16)26-10-3-11-27-22(24)25/h6,9,12,14,16-17,26H,2-5,7-8,10-11,13H2,1H3,(H4,24,25,27)(H,28,29,31). The Morgan fingerprint density at radius 3 is 2.84 bits per heavy atom. The zero-order valence-electron chi connectivity index (χ0n) is 18.6. The topological polar surface area (TPSA) is 133 Å². The summed E-state index contributed by atoms with van der Waals surface area (Å²) in [6, 6.07) is 6.58. The van der Waals surface area contributed by atoms with E-state index < -0.39 is 0 Å². The average Bonchev–Trinajstić information content (AvgIpc) is 2.78. The van der Waals surface area contributed by atoms with Crippen LogP contribution in [-0.4, -0.2) is 34.6 Å². The summed E-state index contributed by atoms with van der Waals surface area (Å²) in [6.45, 7) is 4.34. The van der Waals surface area contributed by atoms with Crippen LogP contribution in [0.25, 0.3) is 0 Å². The molecule has 0 spiro atoms. The Morgan fingerprint density at radius 2 is 2.09 bits per heavy atom. The molecule has 0 saturated heterocycles. The molecule has 0 unspecified atom stereocenters. The Hall–Kier alpha value is -3.07. The van der Waals surface area contributed by atoms with Crippen LogP contribution in [0.4, 0.5) is 11.5 Å². The number of nitrogens with one attached hydrogen (secondary N) is 2. The highest BCUT2D eigenvalue weighted by Gasteiger charge is 2.24. The number of hydrogen-bond acceptors (Lipinski definition) is 6. The highest BCUT2D eigenvalue weighted by Crippen LogP contribution is 2.40. The van der Waals surface area contributed by atoms with E-state index in [2.05, 4.69) is 33.6 Å². The van der Waals surface area contributed by atoms with E-state index in [0.717, 1.165) is 56.5 Å². The second-order valence-corrected chi connectivity index (χ2v) is 8.63. The Balaban J connectivity index is 1.31. The van der Waals surface area contributed by atoms with Crippen LogP contribution in [0.2, 0.25) is 0 Å². The van der Waals surface area contributed by atoms with Crippen molar-refractivity contribution in [3.63, 3.8) is 0 Å². The van der Waals surface area contributed by atoms with Gasteiger partial charge in [0.15, 0.2) is 23.3 Å². The molecule has 172 valence electrons. The van der Waals surface area contributed by atoms with Gasteiger partial charge in [0.2, 0.25) is 0 Å². The third kappa shape index (κ3) is 5.40. The third-order valence-corrected chi connectivity index (χ3v) is 6.25. The number of hydrogen-bond donors (Lipinski definition) is 4. The highest BCUT2D eigenvalue weighted by atomic mass is 16.5. The van der Waals surface area contributed by atoms with E-state index in [4.69, 9.17) is 16.2 Å². The minimum atomic E-state index is -0.241. The smallest absolute Gasteiger partial charge is 0.349 e.